The number of allylic oxidation sites excluding steroid dienone is 2. The molecule has 31 heavy (non-hydrogen) atoms. The van der Waals surface area contributed by atoms with E-state index in [0.717, 1.165) is 55.9 Å². The van der Waals surface area contributed by atoms with Crippen LogP contribution in [0.1, 0.15) is 67.7 Å². The third-order valence-corrected chi connectivity index (χ3v) is 5.16. The van der Waals surface area contributed by atoms with Crippen LogP contribution in [0.5, 0.6) is 0 Å². The fourth-order valence-electron chi connectivity index (χ4n) is 3.45. The van der Waals surface area contributed by atoms with Gasteiger partial charge in [0, 0.05) is 62.5 Å². The summed E-state index contributed by atoms with van der Waals surface area (Å²) in [5.74, 6) is 0.186. The van der Waals surface area contributed by atoms with Crippen LogP contribution in [-0.2, 0) is 4.79 Å². The van der Waals surface area contributed by atoms with E-state index in [1.54, 1.807) is 0 Å². The lowest BCUT2D eigenvalue weighted by Gasteiger charge is -2.36. The Morgan fingerprint density at radius 1 is 0.903 bits per heavy atom. The molecule has 0 spiro atoms. The second-order valence-corrected chi connectivity index (χ2v) is 10.5. The van der Waals surface area contributed by atoms with Crippen LogP contribution in [0, 0.1) is 5.41 Å². The van der Waals surface area contributed by atoms with Crippen LogP contribution in [0.4, 0.5) is 0 Å². The Labute approximate surface area is 193 Å². The Bertz CT molecular complexity index is 602. The van der Waals surface area contributed by atoms with Crippen LogP contribution in [0.25, 0.3) is 0 Å². The van der Waals surface area contributed by atoms with E-state index in [0.29, 0.717) is 19.5 Å². The highest BCUT2D eigenvalue weighted by molar-refractivity contribution is 6.10. The fourth-order valence-corrected chi connectivity index (χ4v) is 3.45. The van der Waals surface area contributed by atoms with E-state index in [-0.39, 0.29) is 16.9 Å². The van der Waals surface area contributed by atoms with Gasteiger partial charge in [-0.15, -0.1) is 0 Å². The molecular weight excluding hydrogens is 383 g/mol. The van der Waals surface area contributed by atoms with Gasteiger partial charge >= 0.3 is 0 Å². The summed E-state index contributed by atoms with van der Waals surface area (Å²) in [6.45, 7) is 31.4. The number of rotatable bonds is 15. The molecule has 2 N–H and O–H groups in total. The van der Waals surface area contributed by atoms with Crippen LogP contribution in [0.3, 0.4) is 0 Å². The van der Waals surface area contributed by atoms with E-state index < -0.39 is 0 Å². The van der Waals surface area contributed by atoms with Gasteiger partial charge in [-0.25, -0.2) is 0 Å². The minimum absolute atomic E-state index is 0.171. The van der Waals surface area contributed by atoms with Crippen molar-refractivity contribution in [1.29, 1.82) is 0 Å². The lowest BCUT2D eigenvalue weighted by Crippen LogP contribution is -2.48. The molecule has 0 unspecified atom stereocenters. The molecule has 0 heterocycles. The lowest BCUT2D eigenvalue weighted by molar-refractivity contribution is -0.135. The number of hydrogen-bond acceptors (Lipinski definition) is 4. The van der Waals surface area contributed by atoms with Crippen molar-refractivity contribution in [3.63, 3.8) is 0 Å². The van der Waals surface area contributed by atoms with Crippen molar-refractivity contribution in [3.05, 3.63) is 36.8 Å². The van der Waals surface area contributed by atoms with E-state index >= 15 is 0 Å². The molecule has 0 rings (SSSR count). The molecule has 0 aliphatic heterocycles. The molecule has 178 valence electrons. The van der Waals surface area contributed by atoms with Gasteiger partial charge in [0.2, 0.25) is 5.91 Å². The number of amides is 1. The van der Waals surface area contributed by atoms with Crippen LogP contribution < -0.4 is 10.6 Å². The van der Waals surface area contributed by atoms with Gasteiger partial charge in [-0.05, 0) is 44.6 Å². The lowest BCUT2D eigenvalue weighted by atomic mass is 9.91. The number of nitrogens with zero attached hydrogens (tertiary/aromatic N) is 2. The molecule has 6 heteroatoms. The van der Waals surface area contributed by atoms with Gasteiger partial charge in [0.25, 0.3) is 0 Å². The molecule has 1 amide bonds. The second-order valence-electron chi connectivity index (χ2n) is 10.5. The summed E-state index contributed by atoms with van der Waals surface area (Å²) in [5, 5.41) is 6.86. The third kappa shape index (κ3) is 13.2. The molecule has 0 saturated heterocycles. The van der Waals surface area contributed by atoms with Gasteiger partial charge < -0.3 is 20.4 Å². The van der Waals surface area contributed by atoms with Gasteiger partial charge in [-0.3, -0.25) is 4.79 Å². The van der Waals surface area contributed by atoms with E-state index in [1.807, 2.05) is 11.8 Å². The molecule has 0 aromatic heterocycles. The quantitative estimate of drug-likeness (QED) is 0.385. The van der Waals surface area contributed by atoms with Crippen LogP contribution >= 0.6 is 0 Å². The maximum Gasteiger partial charge on any atom is 0.222 e. The van der Waals surface area contributed by atoms with Gasteiger partial charge in [-0.1, -0.05) is 47.4 Å². The summed E-state index contributed by atoms with van der Waals surface area (Å²) < 4.78 is 0. The monoisotopic (exact) mass is 432 g/mol. The number of carbonyl (C=O) groups is 1. The Morgan fingerprint density at radius 2 is 1.45 bits per heavy atom. The first-order valence-corrected chi connectivity index (χ1v) is 11.8. The van der Waals surface area contributed by atoms with Crippen molar-refractivity contribution in [2.24, 2.45) is 5.41 Å². The summed E-state index contributed by atoms with van der Waals surface area (Å²) >= 11 is 0. The smallest absolute Gasteiger partial charge is 0.222 e. The zero-order valence-electron chi connectivity index (χ0n) is 21.8. The van der Waals surface area contributed by atoms with Gasteiger partial charge in [0.1, 0.15) is 7.85 Å². The first-order valence-electron chi connectivity index (χ1n) is 11.8. The molecule has 0 saturated carbocycles. The molecule has 5 nitrogen and oxygen atoms in total. The Hall–Kier alpha value is -1.85. The van der Waals surface area contributed by atoms with Crippen molar-refractivity contribution >= 4 is 13.8 Å². The molecule has 0 bridgehead atoms. The van der Waals surface area contributed by atoms with Crippen LogP contribution in [0.2, 0.25) is 6.32 Å². The summed E-state index contributed by atoms with van der Waals surface area (Å²) in [4.78, 5) is 16.5. The summed E-state index contributed by atoms with van der Waals surface area (Å²) in [5.41, 5.74) is 3.30. The maximum atomic E-state index is 12.2. The topological polar surface area (TPSA) is 47.6 Å². The Morgan fingerprint density at radius 3 is 1.94 bits per heavy atom. The summed E-state index contributed by atoms with van der Waals surface area (Å²) in [6, 6.07) is 0. The number of hydrogen-bond donors (Lipinski definition) is 2. The minimum atomic E-state index is -0.171. The van der Waals surface area contributed by atoms with Crippen LogP contribution in [-0.4, -0.2) is 61.8 Å². The highest BCUT2D eigenvalue weighted by atomic mass is 16.2. The normalized spacial score (nSPS) is 11.6. The summed E-state index contributed by atoms with van der Waals surface area (Å²) in [6.07, 6.45) is 3.28. The molecule has 0 aromatic rings. The predicted octanol–water partition coefficient (Wildman–Crippen LogP) is 3.92. The molecule has 0 fully saturated rings. The predicted molar refractivity (Wildman–Crippen MR) is 139 cm³/mol. The number of carbonyl (C=O) groups excluding carboxylic acids is 1. The molecular formula is C25H49BN4O. The summed E-state index contributed by atoms with van der Waals surface area (Å²) in [7, 11) is 2.14. The van der Waals surface area contributed by atoms with Crippen molar-refractivity contribution in [3.8, 4) is 0 Å². The van der Waals surface area contributed by atoms with Crippen molar-refractivity contribution in [2.75, 3.05) is 32.7 Å². The standard InChI is InChI=1S/C25H49BN4O/c1-11-23(31)30(25(8,9)10)17-14-27-20(2)12-15-29(22(4)19-26)16-13-28-21(3)18-24(5,6)7/h27-28H,2-4,11-19,26H2,1,5-10H3. The number of nitrogens with one attached hydrogen (secondary N) is 2. The largest absolute Gasteiger partial charge is 0.387 e. The highest BCUT2D eigenvalue weighted by Crippen LogP contribution is 2.21. The fraction of sp³-hybridized carbons (Fsp3) is 0.720. The zero-order chi connectivity index (χ0) is 24.2. The molecule has 0 aliphatic rings. The third-order valence-electron chi connectivity index (χ3n) is 5.16. The molecule has 0 aliphatic carbocycles. The van der Waals surface area contributed by atoms with E-state index in [9.17, 15) is 4.79 Å². The van der Waals surface area contributed by atoms with Crippen molar-refractivity contribution in [1.82, 2.24) is 20.4 Å². The maximum absolute atomic E-state index is 12.2. The van der Waals surface area contributed by atoms with Gasteiger partial charge in [0.15, 0.2) is 0 Å². The first kappa shape index (κ1) is 29.2. The SMILES string of the molecule is BCC(=C)N(CCNC(=C)CC(C)(C)C)CCC(=C)NCCN(C(=O)CC)C(C)(C)C. The van der Waals surface area contributed by atoms with Gasteiger partial charge in [-0.2, -0.15) is 0 Å². The van der Waals surface area contributed by atoms with Gasteiger partial charge in [0.05, 0.1) is 0 Å². The Kier molecular flexibility index (Phi) is 12.7. The molecule has 0 aromatic carbocycles. The average Bonchev–Trinajstić information content (AvgIpc) is 2.64. The second kappa shape index (κ2) is 13.5. The highest BCUT2D eigenvalue weighted by Gasteiger charge is 2.24. The van der Waals surface area contributed by atoms with Crippen molar-refractivity contribution < 1.29 is 4.79 Å². The minimum Gasteiger partial charge on any atom is -0.387 e. The van der Waals surface area contributed by atoms with E-state index in [4.69, 9.17) is 0 Å². The van der Waals surface area contributed by atoms with Crippen molar-refractivity contribution in [2.45, 2.75) is 79.6 Å². The zero-order valence-corrected chi connectivity index (χ0v) is 21.8. The Balaban J connectivity index is 4.51. The first-order chi connectivity index (χ1) is 14.2. The molecule has 0 radical (unpaired) electrons. The molecule has 0 atom stereocenters. The van der Waals surface area contributed by atoms with E-state index in [1.165, 1.54) is 0 Å². The van der Waals surface area contributed by atoms with Crippen LogP contribution in [0.15, 0.2) is 36.8 Å². The average molecular weight is 433 g/mol. The van der Waals surface area contributed by atoms with E-state index in [2.05, 4.69) is 84.7 Å².